The molecule has 0 unspecified atom stereocenters. The normalized spacial score (nSPS) is 10.2. The zero-order valence-electron chi connectivity index (χ0n) is 14.3. The summed E-state index contributed by atoms with van der Waals surface area (Å²) in [7, 11) is 3.23. The Morgan fingerprint density at radius 1 is 0.960 bits per heavy atom. The Bertz CT molecular complexity index is 647. The molecule has 0 saturated carbocycles. The van der Waals surface area contributed by atoms with E-state index < -0.39 is 0 Å². The fourth-order valence-electron chi connectivity index (χ4n) is 1.92. The van der Waals surface area contributed by atoms with Gasteiger partial charge in [-0.2, -0.15) is 0 Å². The summed E-state index contributed by atoms with van der Waals surface area (Å²) < 4.78 is 15.5. The SMILES string of the molecule is COCCNc1ccc(C(=O)NCCOc2ccc(OC)cc2)nn1. The third kappa shape index (κ3) is 6.27. The van der Waals surface area contributed by atoms with Crippen LogP contribution in [0.3, 0.4) is 0 Å². The first-order valence-electron chi connectivity index (χ1n) is 7.84. The molecule has 2 aromatic rings. The topological polar surface area (TPSA) is 94.6 Å². The van der Waals surface area contributed by atoms with Gasteiger partial charge in [-0.25, -0.2) is 0 Å². The average Bonchev–Trinajstić information content (AvgIpc) is 2.66. The summed E-state index contributed by atoms with van der Waals surface area (Å²) in [5.41, 5.74) is 0.252. The lowest BCUT2D eigenvalue weighted by Gasteiger charge is -2.08. The molecule has 1 aromatic carbocycles. The van der Waals surface area contributed by atoms with Gasteiger partial charge in [-0.05, 0) is 36.4 Å². The van der Waals surface area contributed by atoms with E-state index in [1.54, 1.807) is 38.5 Å². The van der Waals surface area contributed by atoms with Crippen molar-refractivity contribution in [2.75, 3.05) is 45.8 Å². The van der Waals surface area contributed by atoms with E-state index in [1.165, 1.54) is 0 Å². The second-order valence-electron chi connectivity index (χ2n) is 5.00. The molecule has 1 aromatic heterocycles. The van der Waals surface area contributed by atoms with Crippen molar-refractivity contribution in [2.45, 2.75) is 0 Å². The number of hydrogen-bond donors (Lipinski definition) is 2. The van der Waals surface area contributed by atoms with Crippen LogP contribution in [0.25, 0.3) is 0 Å². The lowest BCUT2D eigenvalue weighted by Crippen LogP contribution is -2.29. The zero-order valence-corrected chi connectivity index (χ0v) is 14.3. The molecule has 0 aliphatic carbocycles. The highest BCUT2D eigenvalue weighted by Crippen LogP contribution is 2.16. The second-order valence-corrected chi connectivity index (χ2v) is 5.00. The van der Waals surface area contributed by atoms with E-state index in [-0.39, 0.29) is 11.6 Å². The van der Waals surface area contributed by atoms with Crippen molar-refractivity contribution in [3.8, 4) is 11.5 Å². The number of nitrogens with one attached hydrogen (secondary N) is 2. The predicted molar refractivity (Wildman–Crippen MR) is 93.2 cm³/mol. The van der Waals surface area contributed by atoms with Gasteiger partial charge in [-0.3, -0.25) is 4.79 Å². The average molecular weight is 346 g/mol. The van der Waals surface area contributed by atoms with Crippen LogP contribution in [0.4, 0.5) is 5.82 Å². The minimum absolute atomic E-state index is 0.252. The Hall–Kier alpha value is -2.87. The number of ether oxygens (including phenoxy) is 3. The maximum Gasteiger partial charge on any atom is 0.271 e. The Kier molecular flexibility index (Phi) is 7.45. The van der Waals surface area contributed by atoms with Crippen molar-refractivity contribution in [1.29, 1.82) is 0 Å². The second kappa shape index (κ2) is 10.1. The van der Waals surface area contributed by atoms with Gasteiger partial charge in [-0.1, -0.05) is 0 Å². The van der Waals surface area contributed by atoms with Gasteiger partial charge in [0.25, 0.3) is 5.91 Å². The quantitative estimate of drug-likeness (QED) is 0.627. The molecule has 1 heterocycles. The van der Waals surface area contributed by atoms with Gasteiger partial charge >= 0.3 is 0 Å². The van der Waals surface area contributed by atoms with E-state index in [2.05, 4.69) is 20.8 Å². The fraction of sp³-hybridized carbons (Fsp3) is 0.353. The molecule has 0 aliphatic rings. The molecule has 0 radical (unpaired) electrons. The summed E-state index contributed by atoms with van der Waals surface area (Å²) in [6, 6.07) is 10.5. The maximum atomic E-state index is 12.0. The summed E-state index contributed by atoms with van der Waals surface area (Å²) in [6.45, 7) is 1.90. The number of methoxy groups -OCH3 is 2. The molecular formula is C17H22N4O4. The molecule has 0 atom stereocenters. The van der Waals surface area contributed by atoms with Crippen LogP contribution in [-0.2, 0) is 4.74 Å². The van der Waals surface area contributed by atoms with Gasteiger partial charge in [0.2, 0.25) is 0 Å². The minimum atomic E-state index is -0.297. The van der Waals surface area contributed by atoms with Crippen LogP contribution in [0.2, 0.25) is 0 Å². The van der Waals surface area contributed by atoms with E-state index in [0.717, 1.165) is 5.75 Å². The zero-order chi connectivity index (χ0) is 17.9. The van der Waals surface area contributed by atoms with Gasteiger partial charge in [0, 0.05) is 13.7 Å². The predicted octanol–water partition coefficient (Wildman–Crippen LogP) is 1.35. The molecule has 2 N–H and O–H groups in total. The molecule has 8 heteroatoms. The first-order chi connectivity index (χ1) is 12.2. The number of carbonyl (C=O) groups is 1. The minimum Gasteiger partial charge on any atom is -0.497 e. The third-order valence-corrected chi connectivity index (χ3v) is 3.23. The van der Waals surface area contributed by atoms with Gasteiger partial charge in [0.05, 0.1) is 20.3 Å². The van der Waals surface area contributed by atoms with Crippen LogP contribution in [-0.4, -0.2) is 56.6 Å². The summed E-state index contributed by atoms with van der Waals surface area (Å²) >= 11 is 0. The van der Waals surface area contributed by atoms with E-state index in [1.807, 2.05) is 12.1 Å². The molecule has 25 heavy (non-hydrogen) atoms. The van der Waals surface area contributed by atoms with E-state index >= 15 is 0 Å². The van der Waals surface area contributed by atoms with Crippen molar-refractivity contribution in [3.63, 3.8) is 0 Å². The number of nitrogens with zero attached hydrogens (tertiary/aromatic N) is 2. The highest BCUT2D eigenvalue weighted by Gasteiger charge is 2.07. The summed E-state index contributed by atoms with van der Waals surface area (Å²) in [5, 5.41) is 13.6. The lowest BCUT2D eigenvalue weighted by molar-refractivity contribution is 0.0941. The molecule has 2 rings (SSSR count). The molecule has 134 valence electrons. The Morgan fingerprint density at radius 2 is 1.72 bits per heavy atom. The van der Waals surface area contributed by atoms with Crippen LogP contribution in [0.15, 0.2) is 36.4 Å². The van der Waals surface area contributed by atoms with Crippen LogP contribution in [0, 0.1) is 0 Å². The van der Waals surface area contributed by atoms with Crippen LogP contribution in [0.5, 0.6) is 11.5 Å². The van der Waals surface area contributed by atoms with Gasteiger partial charge in [-0.15, -0.1) is 10.2 Å². The fourth-order valence-corrected chi connectivity index (χ4v) is 1.92. The van der Waals surface area contributed by atoms with Crippen molar-refractivity contribution >= 4 is 11.7 Å². The van der Waals surface area contributed by atoms with Crippen molar-refractivity contribution in [2.24, 2.45) is 0 Å². The molecule has 0 aliphatic heterocycles. The van der Waals surface area contributed by atoms with Gasteiger partial charge in [0.15, 0.2) is 5.69 Å². The highest BCUT2D eigenvalue weighted by atomic mass is 16.5. The number of carbonyl (C=O) groups excluding carboxylic acids is 1. The number of benzene rings is 1. The van der Waals surface area contributed by atoms with Crippen molar-refractivity contribution in [3.05, 3.63) is 42.1 Å². The Morgan fingerprint density at radius 3 is 2.36 bits per heavy atom. The number of anilines is 1. The van der Waals surface area contributed by atoms with E-state index in [0.29, 0.717) is 37.9 Å². The number of amides is 1. The maximum absolute atomic E-state index is 12.0. The number of rotatable bonds is 10. The molecule has 0 fully saturated rings. The molecule has 0 spiro atoms. The Balaban J connectivity index is 1.70. The largest absolute Gasteiger partial charge is 0.497 e. The number of aromatic nitrogens is 2. The van der Waals surface area contributed by atoms with E-state index in [4.69, 9.17) is 14.2 Å². The van der Waals surface area contributed by atoms with Crippen LogP contribution >= 0.6 is 0 Å². The Labute approximate surface area is 146 Å². The first kappa shape index (κ1) is 18.5. The molecule has 0 saturated heterocycles. The molecular weight excluding hydrogens is 324 g/mol. The van der Waals surface area contributed by atoms with E-state index in [9.17, 15) is 4.79 Å². The van der Waals surface area contributed by atoms with Crippen molar-refractivity contribution < 1.29 is 19.0 Å². The highest BCUT2D eigenvalue weighted by molar-refractivity contribution is 5.92. The number of hydrogen-bond acceptors (Lipinski definition) is 7. The van der Waals surface area contributed by atoms with Gasteiger partial charge < -0.3 is 24.8 Å². The van der Waals surface area contributed by atoms with Gasteiger partial charge in [0.1, 0.15) is 23.9 Å². The standard InChI is InChI=1S/C17H22N4O4/c1-23-11-9-18-16-8-7-15(20-21-16)17(22)19-10-12-25-14-5-3-13(24-2)4-6-14/h3-8H,9-12H2,1-2H3,(H,18,21)(H,19,22). The summed E-state index contributed by atoms with van der Waals surface area (Å²) in [6.07, 6.45) is 0. The van der Waals surface area contributed by atoms with Crippen LogP contribution < -0.4 is 20.1 Å². The first-order valence-corrected chi connectivity index (χ1v) is 7.84. The summed E-state index contributed by atoms with van der Waals surface area (Å²) in [4.78, 5) is 12.0. The smallest absolute Gasteiger partial charge is 0.271 e. The molecule has 8 nitrogen and oxygen atoms in total. The van der Waals surface area contributed by atoms with Crippen LogP contribution in [0.1, 0.15) is 10.5 Å². The molecule has 1 amide bonds. The van der Waals surface area contributed by atoms with Crippen molar-refractivity contribution in [1.82, 2.24) is 15.5 Å². The third-order valence-electron chi connectivity index (χ3n) is 3.23. The monoisotopic (exact) mass is 346 g/mol. The summed E-state index contributed by atoms with van der Waals surface area (Å²) in [5.74, 6) is 1.77. The molecule has 0 bridgehead atoms. The lowest BCUT2D eigenvalue weighted by atomic mass is 10.3.